The molecular formula is C21H31BrN2O. The van der Waals surface area contributed by atoms with Crippen molar-refractivity contribution in [2.24, 2.45) is 17.8 Å². The van der Waals surface area contributed by atoms with E-state index in [1.807, 2.05) is 0 Å². The minimum atomic E-state index is 0.844. The van der Waals surface area contributed by atoms with Crippen LogP contribution < -0.4 is 0 Å². The Morgan fingerprint density at radius 1 is 0.960 bits per heavy atom. The molecule has 0 unspecified atom stereocenters. The number of hydrogen-bond acceptors (Lipinski definition) is 3. The Hall–Kier alpha value is -0.420. The molecule has 0 N–H and O–H groups in total. The first kappa shape index (κ1) is 18.0. The summed E-state index contributed by atoms with van der Waals surface area (Å²) in [6, 6.07) is 8.76. The van der Waals surface area contributed by atoms with E-state index in [2.05, 4.69) is 50.0 Å². The number of fused-ring (bicyclic) bond motifs is 1. The number of ether oxygens (including phenoxy) is 1. The molecule has 0 amide bonds. The van der Waals surface area contributed by atoms with Gasteiger partial charge in [0.15, 0.2) is 0 Å². The van der Waals surface area contributed by atoms with Gasteiger partial charge in [0, 0.05) is 37.3 Å². The number of likely N-dealkylation sites (tertiary alicyclic amines) is 2. The molecule has 25 heavy (non-hydrogen) atoms. The molecule has 0 radical (unpaired) electrons. The van der Waals surface area contributed by atoms with Gasteiger partial charge in [-0.15, -0.1) is 0 Å². The maximum Gasteiger partial charge on any atom is 0.0500 e. The van der Waals surface area contributed by atoms with Crippen molar-refractivity contribution in [1.29, 1.82) is 0 Å². The molecule has 0 bridgehead atoms. The van der Waals surface area contributed by atoms with Crippen LogP contribution in [0.2, 0.25) is 0 Å². The predicted octanol–water partition coefficient (Wildman–Crippen LogP) is 4.02. The molecular weight excluding hydrogens is 376 g/mol. The zero-order valence-electron chi connectivity index (χ0n) is 15.2. The van der Waals surface area contributed by atoms with Gasteiger partial charge in [-0.2, -0.15) is 0 Å². The van der Waals surface area contributed by atoms with Crippen LogP contribution in [0.25, 0.3) is 0 Å². The van der Waals surface area contributed by atoms with E-state index in [0.29, 0.717) is 0 Å². The van der Waals surface area contributed by atoms with Crippen LogP contribution >= 0.6 is 15.9 Å². The van der Waals surface area contributed by atoms with Crippen molar-refractivity contribution >= 4 is 15.9 Å². The molecule has 3 fully saturated rings. The molecule has 2 saturated heterocycles. The fourth-order valence-corrected chi connectivity index (χ4v) is 5.02. The van der Waals surface area contributed by atoms with Crippen molar-refractivity contribution < 1.29 is 4.74 Å². The van der Waals surface area contributed by atoms with Crippen LogP contribution in [0.4, 0.5) is 0 Å². The second kappa shape index (κ2) is 8.51. The molecule has 1 aromatic rings. The second-order valence-electron chi connectivity index (χ2n) is 8.14. The normalized spacial score (nSPS) is 29.7. The topological polar surface area (TPSA) is 15.7 Å². The van der Waals surface area contributed by atoms with Gasteiger partial charge >= 0.3 is 0 Å². The molecule has 0 spiro atoms. The Labute approximate surface area is 160 Å². The van der Waals surface area contributed by atoms with Gasteiger partial charge in [-0.3, -0.25) is 4.90 Å². The van der Waals surface area contributed by atoms with Gasteiger partial charge in [-0.05, 0) is 67.8 Å². The maximum atomic E-state index is 6.00. The Bertz CT molecular complexity index is 531. The first-order chi connectivity index (χ1) is 12.3. The van der Waals surface area contributed by atoms with Gasteiger partial charge < -0.3 is 9.64 Å². The molecule has 2 aliphatic heterocycles. The highest BCUT2D eigenvalue weighted by atomic mass is 79.9. The molecule has 138 valence electrons. The molecule has 4 heteroatoms. The van der Waals surface area contributed by atoms with Crippen LogP contribution in [0, 0.1) is 17.8 Å². The number of piperidine rings is 2. The molecule has 3 nitrogen and oxygen atoms in total. The Morgan fingerprint density at radius 3 is 2.40 bits per heavy atom. The number of halogens is 1. The van der Waals surface area contributed by atoms with Crippen LogP contribution in [0.3, 0.4) is 0 Å². The molecule has 2 heterocycles. The number of rotatable bonds is 8. The highest BCUT2D eigenvalue weighted by molar-refractivity contribution is 9.10. The molecule has 1 aliphatic carbocycles. The lowest BCUT2D eigenvalue weighted by Gasteiger charge is -2.26. The molecule has 1 saturated carbocycles. The monoisotopic (exact) mass is 406 g/mol. The van der Waals surface area contributed by atoms with Gasteiger partial charge in [0.1, 0.15) is 0 Å². The summed E-state index contributed by atoms with van der Waals surface area (Å²) >= 11 is 3.51. The fourth-order valence-electron chi connectivity index (χ4n) is 4.75. The third-order valence-corrected chi connectivity index (χ3v) is 6.82. The largest absolute Gasteiger partial charge is 0.381 e. The maximum absolute atomic E-state index is 6.00. The zero-order valence-corrected chi connectivity index (χ0v) is 16.8. The van der Waals surface area contributed by atoms with E-state index < -0.39 is 0 Å². The van der Waals surface area contributed by atoms with Crippen molar-refractivity contribution in [2.75, 3.05) is 45.9 Å². The molecule has 4 rings (SSSR count). The molecule has 3 aliphatic rings. The summed E-state index contributed by atoms with van der Waals surface area (Å²) in [4.78, 5) is 5.23. The smallest absolute Gasteiger partial charge is 0.0500 e. The first-order valence-corrected chi connectivity index (χ1v) is 10.9. The van der Waals surface area contributed by atoms with Crippen LogP contribution in [0.5, 0.6) is 0 Å². The van der Waals surface area contributed by atoms with Crippen molar-refractivity contribution in [1.82, 2.24) is 9.80 Å². The van der Waals surface area contributed by atoms with Crippen LogP contribution in [0.1, 0.15) is 31.2 Å². The Morgan fingerprint density at radius 2 is 1.68 bits per heavy atom. The number of hydrogen-bond donors (Lipinski definition) is 0. The summed E-state index contributed by atoms with van der Waals surface area (Å²) in [6.45, 7) is 9.44. The van der Waals surface area contributed by atoms with E-state index in [4.69, 9.17) is 4.74 Å². The lowest BCUT2D eigenvalue weighted by molar-refractivity contribution is 0.0967. The molecule has 3 atom stereocenters. The second-order valence-corrected chi connectivity index (χ2v) is 9.06. The fraction of sp³-hybridized carbons (Fsp3) is 0.714. The predicted molar refractivity (Wildman–Crippen MR) is 106 cm³/mol. The third-order valence-electron chi connectivity index (χ3n) is 6.29. The van der Waals surface area contributed by atoms with Crippen LogP contribution in [-0.4, -0.2) is 55.7 Å². The van der Waals surface area contributed by atoms with E-state index in [-0.39, 0.29) is 0 Å². The van der Waals surface area contributed by atoms with E-state index >= 15 is 0 Å². The number of nitrogens with zero attached hydrogens (tertiary/aromatic N) is 2. The summed E-state index contributed by atoms with van der Waals surface area (Å²) in [5.74, 6) is 2.64. The Kier molecular flexibility index (Phi) is 6.12. The lowest BCUT2D eigenvalue weighted by Crippen LogP contribution is -2.31. The first-order valence-electron chi connectivity index (χ1n) is 10.1. The summed E-state index contributed by atoms with van der Waals surface area (Å²) in [6.07, 6.45) is 5.42. The van der Waals surface area contributed by atoms with E-state index in [9.17, 15) is 0 Å². The standard InChI is InChI=1S/C21H31BrN2O/c22-18-7-5-17(6-8-18)13-24-14-19-20(15-24)21(19)16-25-12-4-11-23-9-2-1-3-10-23/h5-8,19-21H,1-4,9-16H2/t19-,20+,21+. The molecule has 0 aromatic heterocycles. The van der Waals surface area contributed by atoms with Gasteiger partial charge in [-0.25, -0.2) is 0 Å². The minimum Gasteiger partial charge on any atom is -0.381 e. The average molecular weight is 407 g/mol. The van der Waals surface area contributed by atoms with E-state index in [1.165, 1.54) is 64.0 Å². The van der Waals surface area contributed by atoms with Crippen molar-refractivity contribution in [3.8, 4) is 0 Å². The summed E-state index contributed by atoms with van der Waals surface area (Å²) in [5.41, 5.74) is 1.43. The highest BCUT2D eigenvalue weighted by Crippen LogP contribution is 2.52. The third kappa shape index (κ3) is 4.85. The van der Waals surface area contributed by atoms with Gasteiger partial charge in [-0.1, -0.05) is 34.5 Å². The lowest BCUT2D eigenvalue weighted by atomic mass is 10.1. The van der Waals surface area contributed by atoms with E-state index in [1.54, 1.807) is 0 Å². The SMILES string of the molecule is Brc1ccc(CN2C[C@@H]3[C@@H](COCCCN4CCCCC4)[C@@H]3C2)cc1. The Balaban J connectivity index is 1.07. The van der Waals surface area contributed by atoms with Crippen molar-refractivity contribution in [2.45, 2.75) is 32.2 Å². The summed E-state index contributed by atoms with van der Waals surface area (Å²) in [7, 11) is 0. The molecule has 1 aromatic carbocycles. The van der Waals surface area contributed by atoms with Crippen LogP contribution in [0.15, 0.2) is 28.7 Å². The highest BCUT2D eigenvalue weighted by Gasteiger charge is 2.55. The van der Waals surface area contributed by atoms with Gasteiger partial charge in [0.2, 0.25) is 0 Å². The minimum absolute atomic E-state index is 0.844. The van der Waals surface area contributed by atoms with Crippen LogP contribution in [-0.2, 0) is 11.3 Å². The zero-order chi connectivity index (χ0) is 17.1. The summed E-state index contributed by atoms with van der Waals surface area (Å²) < 4.78 is 7.17. The quantitative estimate of drug-likeness (QED) is 0.606. The average Bonchev–Trinajstić information content (AvgIpc) is 3.09. The van der Waals surface area contributed by atoms with Crippen molar-refractivity contribution in [3.05, 3.63) is 34.3 Å². The van der Waals surface area contributed by atoms with Gasteiger partial charge in [0.05, 0.1) is 6.61 Å². The van der Waals surface area contributed by atoms with Crippen molar-refractivity contribution in [3.63, 3.8) is 0 Å². The van der Waals surface area contributed by atoms with Gasteiger partial charge in [0.25, 0.3) is 0 Å². The number of benzene rings is 1. The van der Waals surface area contributed by atoms with E-state index in [0.717, 1.165) is 42.0 Å². The summed E-state index contributed by atoms with van der Waals surface area (Å²) in [5, 5.41) is 0.